The second-order valence-electron chi connectivity index (χ2n) is 5.18. The fraction of sp³-hybridized carbons (Fsp3) is 0.600. The molecule has 0 aromatic heterocycles. The van der Waals surface area contributed by atoms with Gasteiger partial charge in [-0.3, -0.25) is 9.59 Å². The lowest BCUT2D eigenvalue weighted by Gasteiger charge is -2.29. The number of hydrogen-bond donors (Lipinski definition) is 0. The van der Waals surface area contributed by atoms with E-state index in [2.05, 4.69) is 13.2 Å². The fourth-order valence-corrected chi connectivity index (χ4v) is 2.75. The zero-order chi connectivity index (χ0) is 14.6. The van der Waals surface area contributed by atoms with E-state index < -0.39 is 17.4 Å². The number of esters is 2. The number of hydrogen-bond acceptors (Lipinski definition) is 4. The molecule has 0 aromatic rings. The minimum absolute atomic E-state index is 0.0549. The van der Waals surface area contributed by atoms with Gasteiger partial charge in [0.25, 0.3) is 0 Å². The molecule has 0 N–H and O–H groups in total. The van der Waals surface area contributed by atoms with Crippen LogP contribution in [0.4, 0.5) is 0 Å². The van der Waals surface area contributed by atoms with Gasteiger partial charge in [0.05, 0.1) is 14.2 Å². The molecule has 0 saturated heterocycles. The van der Waals surface area contributed by atoms with Gasteiger partial charge in [-0.25, -0.2) is 0 Å². The van der Waals surface area contributed by atoms with Gasteiger partial charge in [-0.15, -0.1) is 0 Å². The summed E-state index contributed by atoms with van der Waals surface area (Å²) in [6.45, 7) is 9.88. The van der Waals surface area contributed by atoms with E-state index in [1.165, 1.54) is 14.2 Å². The molecule has 106 valence electrons. The largest absolute Gasteiger partial charge is 0.468 e. The summed E-state index contributed by atoms with van der Waals surface area (Å²) < 4.78 is 9.67. The Labute approximate surface area is 114 Å². The standard InChI is InChI=1S/C15H22O4/c1-10(2)12-9-15(13(16)18-4,14(17)19-5)8-6-7-11(12)3/h12H,1,3,6-9H2,2,4-5H3. The summed E-state index contributed by atoms with van der Waals surface area (Å²) in [5, 5.41) is 0. The molecule has 19 heavy (non-hydrogen) atoms. The molecule has 0 amide bonds. The first-order valence-corrected chi connectivity index (χ1v) is 6.39. The lowest BCUT2D eigenvalue weighted by atomic mass is 9.75. The van der Waals surface area contributed by atoms with Gasteiger partial charge in [0, 0.05) is 5.92 Å². The highest BCUT2D eigenvalue weighted by Gasteiger charge is 2.50. The van der Waals surface area contributed by atoms with E-state index in [9.17, 15) is 9.59 Å². The molecule has 1 unspecified atom stereocenters. The van der Waals surface area contributed by atoms with Gasteiger partial charge in [0.2, 0.25) is 0 Å². The number of ether oxygens (including phenoxy) is 2. The maximum atomic E-state index is 12.1. The van der Waals surface area contributed by atoms with Crippen LogP contribution in [0.2, 0.25) is 0 Å². The van der Waals surface area contributed by atoms with E-state index in [0.29, 0.717) is 19.3 Å². The van der Waals surface area contributed by atoms with Gasteiger partial charge in [-0.2, -0.15) is 0 Å². The Morgan fingerprint density at radius 1 is 1.26 bits per heavy atom. The van der Waals surface area contributed by atoms with E-state index in [1.807, 2.05) is 6.92 Å². The minimum atomic E-state index is -1.23. The summed E-state index contributed by atoms with van der Waals surface area (Å²) in [6.07, 6.45) is 2.26. The van der Waals surface area contributed by atoms with E-state index in [1.54, 1.807) is 0 Å². The molecule has 0 spiro atoms. The van der Waals surface area contributed by atoms with Gasteiger partial charge < -0.3 is 9.47 Å². The Morgan fingerprint density at radius 3 is 2.21 bits per heavy atom. The van der Waals surface area contributed by atoms with E-state index in [4.69, 9.17) is 9.47 Å². The Balaban J connectivity index is 3.22. The second kappa shape index (κ2) is 6.04. The van der Waals surface area contributed by atoms with E-state index in [-0.39, 0.29) is 5.92 Å². The predicted molar refractivity (Wildman–Crippen MR) is 72.4 cm³/mol. The van der Waals surface area contributed by atoms with Gasteiger partial charge >= 0.3 is 11.9 Å². The van der Waals surface area contributed by atoms with Crippen LogP contribution in [-0.2, 0) is 19.1 Å². The molecule has 1 atom stereocenters. The Morgan fingerprint density at radius 2 is 1.79 bits per heavy atom. The molecule has 1 fully saturated rings. The van der Waals surface area contributed by atoms with Crippen LogP contribution in [-0.4, -0.2) is 26.2 Å². The SMILES string of the molecule is C=C(C)C1CC(C(=O)OC)(C(=O)OC)CCCC1=C. The van der Waals surface area contributed by atoms with Crippen LogP contribution >= 0.6 is 0 Å². The molecule has 4 heteroatoms. The number of carbonyl (C=O) groups excluding carboxylic acids is 2. The van der Waals surface area contributed by atoms with E-state index in [0.717, 1.165) is 17.6 Å². The fourth-order valence-electron chi connectivity index (χ4n) is 2.75. The average molecular weight is 266 g/mol. The molecule has 0 aliphatic heterocycles. The molecular formula is C15H22O4. The van der Waals surface area contributed by atoms with Crippen molar-refractivity contribution in [1.29, 1.82) is 0 Å². The van der Waals surface area contributed by atoms with Crippen molar-refractivity contribution in [2.24, 2.45) is 11.3 Å². The highest BCUT2D eigenvalue weighted by Crippen LogP contribution is 2.43. The first-order valence-electron chi connectivity index (χ1n) is 6.39. The second-order valence-corrected chi connectivity index (χ2v) is 5.18. The Hall–Kier alpha value is -1.58. The van der Waals surface area contributed by atoms with Crippen molar-refractivity contribution in [3.63, 3.8) is 0 Å². The van der Waals surface area contributed by atoms with Crippen molar-refractivity contribution in [3.8, 4) is 0 Å². The average Bonchev–Trinajstić information content (AvgIpc) is 2.57. The smallest absolute Gasteiger partial charge is 0.323 e. The lowest BCUT2D eigenvalue weighted by molar-refractivity contribution is -0.170. The van der Waals surface area contributed by atoms with Gasteiger partial charge in [-0.05, 0) is 32.6 Å². The van der Waals surface area contributed by atoms with Crippen LogP contribution in [0.15, 0.2) is 24.3 Å². The zero-order valence-electron chi connectivity index (χ0n) is 12.0. The molecule has 1 aliphatic carbocycles. The van der Waals surface area contributed by atoms with Crippen molar-refractivity contribution >= 4 is 11.9 Å². The van der Waals surface area contributed by atoms with Crippen molar-refractivity contribution < 1.29 is 19.1 Å². The third-order valence-corrected chi connectivity index (χ3v) is 3.89. The van der Waals surface area contributed by atoms with Crippen molar-refractivity contribution in [2.45, 2.75) is 32.6 Å². The summed E-state index contributed by atoms with van der Waals surface area (Å²) in [5.74, 6) is -1.11. The van der Waals surface area contributed by atoms with Crippen LogP contribution in [0.25, 0.3) is 0 Å². The molecule has 1 saturated carbocycles. The molecule has 0 heterocycles. The summed E-state index contributed by atoms with van der Waals surface area (Å²) in [5.41, 5.74) is 0.693. The molecular weight excluding hydrogens is 244 g/mol. The topological polar surface area (TPSA) is 52.6 Å². The molecule has 0 aromatic carbocycles. The summed E-state index contributed by atoms with van der Waals surface area (Å²) in [6, 6.07) is 0. The third kappa shape index (κ3) is 2.88. The van der Waals surface area contributed by atoms with Crippen LogP contribution in [0, 0.1) is 11.3 Å². The molecule has 1 aliphatic rings. The van der Waals surface area contributed by atoms with Crippen molar-refractivity contribution in [1.82, 2.24) is 0 Å². The van der Waals surface area contributed by atoms with Crippen LogP contribution in [0.3, 0.4) is 0 Å². The highest BCUT2D eigenvalue weighted by atomic mass is 16.5. The quantitative estimate of drug-likeness (QED) is 0.341. The minimum Gasteiger partial charge on any atom is -0.468 e. The lowest BCUT2D eigenvalue weighted by Crippen LogP contribution is -2.42. The Bertz CT molecular complexity index is 392. The Kier molecular flexibility index (Phi) is 4.92. The van der Waals surface area contributed by atoms with Crippen LogP contribution in [0.1, 0.15) is 32.6 Å². The number of rotatable bonds is 3. The predicted octanol–water partition coefficient (Wildman–Crippen LogP) is 2.64. The van der Waals surface area contributed by atoms with Gasteiger partial charge in [0.15, 0.2) is 5.41 Å². The summed E-state index contributed by atoms with van der Waals surface area (Å²) in [7, 11) is 2.59. The molecule has 0 bridgehead atoms. The maximum Gasteiger partial charge on any atom is 0.323 e. The molecule has 1 rings (SSSR count). The van der Waals surface area contributed by atoms with Crippen LogP contribution in [0.5, 0.6) is 0 Å². The zero-order valence-corrected chi connectivity index (χ0v) is 12.0. The summed E-state index contributed by atoms with van der Waals surface area (Å²) >= 11 is 0. The van der Waals surface area contributed by atoms with Crippen molar-refractivity contribution in [3.05, 3.63) is 24.3 Å². The number of carbonyl (C=O) groups is 2. The number of methoxy groups -OCH3 is 2. The third-order valence-electron chi connectivity index (χ3n) is 3.89. The highest BCUT2D eigenvalue weighted by molar-refractivity contribution is 6.00. The molecule has 4 nitrogen and oxygen atoms in total. The van der Waals surface area contributed by atoms with Crippen LogP contribution < -0.4 is 0 Å². The van der Waals surface area contributed by atoms with Gasteiger partial charge in [-0.1, -0.05) is 24.3 Å². The maximum absolute atomic E-state index is 12.1. The summed E-state index contributed by atoms with van der Waals surface area (Å²) in [4.78, 5) is 24.3. The normalized spacial score (nSPS) is 22.3. The first kappa shape index (κ1) is 15.5. The molecule has 0 radical (unpaired) electrons. The van der Waals surface area contributed by atoms with Crippen molar-refractivity contribution in [2.75, 3.05) is 14.2 Å². The number of allylic oxidation sites excluding steroid dienone is 2. The first-order chi connectivity index (χ1) is 8.89. The monoisotopic (exact) mass is 266 g/mol. The van der Waals surface area contributed by atoms with Gasteiger partial charge in [0.1, 0.15) is 0 Å². The van der Waals surface area contributed by atoms with E-state index >= 15 is 0 Å².